The van der Waals surface area contributed by atoms with E-state index in [4.69, 9.17) is 0 Å². The molecule has 94 valence electrons. The Hall–Kier alpha value is 0.310. The van der Waals surface area contributed by atoms with Crippen LogP contribution in [-0.2, 0) is 0 Å². The van der Waals surface area contributed by atoms with E-state index >= 15 is 0 Å². The first-order valence-corrected chi connectivity index (χ1v) is 8.41. The van der Waals surface area contributed by atoms with Crippen molar-refractivity contribution in [3.05, 3.63) is 0 Å². The van der Waals surface area contributed by atoms with Crippen LogP contribution in [0.3, 0.4) is 0 Å². The summed E-state index contributed by atoms with van der Waals surface area (Å²) >= 11 is 2.07. The van der Waals surface area contributed by atoms with Crippen molar-refractivity contribution in [2.24, 2.45) is 5.92 Å². The third-order valence-corrected chi connectivity index (χ3v) is 5.73. The zero-order valence-electron chi connectivity index (χ0n) is 10.9. The fourth-order valence-corrected chi connectivity index (χ4v) is 4.46. The van der Waals surface area contributed by atoms with Gasteiger partial charge in [0, 0.05) is 17.3 Å². The highest BCUT2D eigenvalue weighted by atomic mass is 32.2. The van der Waals surface area contributed by atoms with Crippen molar-refractivity contribution in [3.8, 4) is 0 Å². The van der Waals surface area contributed by atoms with E-state index in [2.05, 4.69) is 30.3 Å². The van der Waals surface area contributed by atoms with E-state index in [1.807, 2.05) is 0 Å². The normalized spacial score (nSPS) is 40.1. The first-order chi connectivity index (χ1) is 7.83. The standard InChI is InChI=1S/C14H27NS/c1-3-11-6-4-7-12(10-11)15-13-8-5-9-14(13)16-2/h11-15H,3-10H2,1-2H3. The molecule has 2 aliphatic carbocycles. The number of nitrogens with one attached hydrogen (secondary N) is 1. The minimum atomic E-state index is 0.815. The highest BCUT2D eigenvalue weighted by Crippen LogP contribution is 2.32. The lowest BCUT2D eigenvalue weighted by atomic mass is 9.84. The van der Waals surface area contributed by atoms with Crippen LogP contribution < -0.4 is 5.32 Å². The fraction of sp³-hybridized carbons (Fsp3) is 1.00. The summed E-state index contributed by atoms with van der Waals surface area (Å²) < 4.78 is 0. The number of hydrogen-bond acceptors (Lipinski definition) is 2. The summed E-state index contributed by atoms with van der Waals surface area (Å²) in [5, 5.41) is 4.85. The predicted octanol–water partition coefficient (Wildman–Crippen LogP) is 3.83. The second kappa shape index (κ2) is 6.30. The molecular weight excluding hydrogens is 214 g/mol. The lowest BCUT2D eigenvalue weighted by molar-refractivity contribution is 0.263. The van der Waals surface area contributed by atoms with E-state index in [9.17, 15) is 0 Å². The van der Waals surface area contributed by atoms with Crippen LogP contribution in [0.5, 0.6) is 0 Å². The first-order valence-electron chi connectivity index (χ1n) is 7.12. The molecule has 1 nitrogen and oxygen atoms in total. The molecule has 2 fully saturated rings. The quantitative estimate of drug-likeness (QED) is 0.803. The number of thioether (sulfide) groups is 1. The maximum Gasteiger partial charge on any atom is 0.0198 e. The highest BCUT2D eigenvalue weighted by Gasteiger charge is 2.30. The van der Waals surface area contributed by atoms with Gasteiger partial charge in [0.1, 0.15) is 0 Å². The molecule has 1 N–H and O–H groups in total. The van der Waals surface area contributed by atoms with Gasteiger partial charge >= 0.3 is 0 Å². The van der Waals surface area contributed by atoms with Gasteiger partial charge in [0.25, 0.3) is 0 Å². The zero-order valence-corrected chi connectivity index (χ0v) is 11.7. The second-order valence-electron chi connectivity index (χ2n) is 5.62. The summed E-state index contributed by atoms with van der Waals surface area (Å²) in [5.41, 5.74) is 0. The molecule has 0 amide bonds. The molecule has 2 heteroatoms. The molecule has 4 unspecified atom stereocenters. The van der Waals surface area contributed by atoms with Gasteiger partial charge in [0.2, 0.25) is 0 Å². The van der Waals surface area contributed by atoms with E-state index < -0.39 is 0 Å². The van der Waals surface area contributed by atoms with Crippen molar-refractivity contribution < 1.29 is 0 Å². The van der Waals surface area contributed by atoms with Crippen LogP contribution in [0.25, 0.3) is 0 Å². The minimum Gasteiger partial charge on any atom is -0.310 e. The van der Waals surface area contributed by atoms with Gasteiger partial charge in [0.05, 0.1) is 0 Å². The van der Waals surface area contributed by atoms with Crippen LogP contribution in [0.1, 0.15) is 58.3 Å². The highest BCUT2D eigenvalue weighted by molar-refractivity contribution is 7.99. The monoisotopic (exact) mass is 241 g/mol. The third kappa shape index (κ3) is 3.16. The molecule has 0 heterocycles. The van der Waals surface area contributed by atoms with Crippen LogP contribution in [0, 0.1) is 5.92 Å². The van der Waals surface area contributed by atoms with Gasteiger partial charge in [-0.25, -0.2) is 0 Å². The molecule has 4 atom stereocenters. The van der Waals surface area contributed by atoms with E-state index in [1.165, 1.54) is 51.4 Å². The maximum atomic E-state index is 3.96. The third-order valence-electron chi connectivity index (χ3n) is 4.57. The molecule has 16 heavy (non-hydrogen) atoms. The molecule has 0 spiro atoms. The fourth-order valence-electron chi connectivity index (χ4n) is 3.51. The van der Waals surface area contributed by atoms with Crippen LogP contribution in [0.4, 0.5) is 0 Å². The topological polar surface area (TPSA) is 12.0 Å². The van der Waals surface area contributed by atoms with Crippen LogP contribution >= 0.6 is 11.8 Å². The number of hydrogen-bond donors (Lipinski definition) is 1. The summed E-state index contributed by atoms with van der Waals surface area (Å²) in [5.74, 6) is 1.00. The average molecular weight is 241 g/mol. The smallest absolute Gasteiger partial charge is 0.0198 e. The van der Waals surface area contributed by atoms with Gasteiger partial charge in [-0.05, 0) is 37.9 Å². The van der Waals surface area contributed by atoms with Crippen LogP contribution in [-0.4, -0.2) is 23.6 Å². The SMILES string of the molecule is CCC1CCCC(NC2CCCC2SC)C1. The molecule has 0 aliphatic heterocycles. The van der Waals surface area contributed by atoms with Gasteiger partial charge in [-0.3, -0.25) is 0 Å². The van der Waals surface area contributed by atoms with Crippen molar-refractivity contribution in [2.45, 2.75) is 75.6 Å². The van der Waals surface area contributed by atoms with E-state index in [1.54, 1.807) is 0 Å². The Kier molecular flexibility index (Phi) is 5.02. The minimum absolute atomic E-state index is 0.815. The van der Waals surface area contributed by atoms with Gasteiger partial charge in [-0.1, -0.05) is 32.6 Å². The van der Waals surface area contributed by atoms with Gasteiger partial charge in [0.15, 0.2) is 0 Å². The molecule has 2 saturated carbocycles. The lowest BCUT2D eigenvalue weighted by Gasteiger charge is -2.33. The Morgan fingerprint density at radius 3 is 2.69 bits per heavy atom. The summed E-state index contributed by atoms with van der Waals surface area (Å²) in [6, 6.07) is 1.65. The van der Waals surface area contributed by atoms with Crippen molar-refractivity contribution in [3.63, 3.8) is 0 Å². The van der Waals surface area contributed by atoms with Crippen molar-refractivity contribution in [2.75, 3.05) is 6.26 Å². The van der Waals surface area contributed by atoms with Gasteiger partial charge in [-0.15, -0.1) is 0 Å². The Labute approximate surface area is 105 Å². The van der Waals surface area contributed by atoms with E-state index in [-0.39, 0.29) is 0 Å². The van der Waals surface area contributed by atoms with Gasteiger partial charge in [-0.2, -0.15) is 11.8 Å². The molecule has 2 rings (SSSR count). The molecule has 0 saturated heterocycles. The van der Waals surface area contributed by atoms with E-state index in [0.29, 0.717) is 0 Å². The predicted molar refractivity (Wildman–Crippen MR) is 74.1 cm³/mol. The molecule has 0 aromatic carbocycles. The summed E-state index contributed by atoms with van der Waals surface area (Å²) in [7, 11) is 0. The van der Waals surface area contributed by atoms with Crippen LogP contribution in [0.15, 0.2) is 0 Å². The maximum absolute atomic E-state index is 3.96. The Bertz CT molecular complexity index is 207. The lowest BCUT2D eigenvalue weighted by Crippen LogP contribution is -2.43. The molecule has 2 aliphatic rings. The van der Waals surface area contributed by atoms with Crippen molar-refractivity contribution in [1.29, 1.82) is 0 Å². The molecule has 0 aromatic heterocycles. The number of rotatable bonds is 4. The molecular formula is C14H27NS. The zero-order chi connectivity index (χ0) is 11.4. The summed E-state index contributed by atoms with van der Waals surface area (Å²) in [6.07, 6.45) is 13.7. The first kappa shape index (κ1) is 12.8. The Morgan fingerprint density at radius 1 is 1.12 bits per heavy atom. The van der Waals surface area contributed by atoms with Gasteiger partial charge < -0.3 is 5.32 Å². The van der Waals surface area contributed by atoms with E-state index in [0.717, 1.165) is 23.3 Å². The summed E-state index contributed by atoms with van der Waals surface area (Å²) in [4.78, 5) is 0. The summed E-state index contributed by atoms with van der Waals surface area (Å²) in [6.45, 7) is 2.35. The van der Waals surface area contributed by atoms with Crippen molar-refractivity contribution >= 4 is 11.8 Å². The Morgan fingerprint density at radius 2 is 1.94 bits per heavy atom. The largest absolute Gasteiger partial charge is 0.310 e. The molecule has 0 bridgehead atoms. The molecule has 0 aromatic rings. The average Bonchev–Trinajstić information content (AvgIpc) is 2.76. The van der Waals surface area contributed by atoms with Crippen LogP contribution in [0.2, 0.25) is 0 Å². The molecule has 0 radical (unpaired) electrons. The Balaban J connectivity index is 1.79. The van der Waals surface area contributed by atoms with Crippen molar-refractivity contribution in [1.82, 2.24) is 5.32 Å². The second-order valence-corrected chi connectivity index (χ2v) is 6.69.